The van der Waals surface area contributed by atoms with Gasteiger partial charge in [-0.05, 0) is 55.3 Å². The average Bonchev–Trinajstić information content (AvgIpc) is 2.41. The van der Waals surface area contributed by atoms with E-state index >= 15 is 0 Å². The van der Waals surface area contributed by atoms with E-state index in [9.17, 15) is 5.11 Å². The summed E-state index contributed by atoms with van der Waals surface area (Å²) >= 11 is 12.3. The summed E-state index contributed by atoms with van der Waals surface area (Å²) in [5, 5.41) is 14.3. The van der Waals surface area contributed by atoms with Crippen molar-refractivity contribution in [1.29, 1.82) is 0 Å². The Morgan fingerprint density at radius 1 is 1.15 bits per heavy atom. The molecule has 106 valence electrons. The van der Waals surface area contributed by atoms with Crippen LogP contribution in [-0.4, -0.2) is 11.7 Å². The van der Waals surface area contributed by atoms with E-state index in [4.69, 9.17) is 23.2 Å². The van der Waals surface area contributed by atoms with Crippen LogP contribution < -0.4 is 5.32 Å². The molecule has 2 N–H and O–H groups in total. The van der Waals surface area contributed by atoms with Crippen LogP contribution >= 0.6 is 23.2 Å². The highest BCUT2D eigenvalue weighted by Crippen LogP contribution is 2.33. The van der Waals surface area contributed by atoms with E-state index in [-0.39, 0.29) is 6.61 Å². The van der Waals surface area contributed by atoms with E-state index in [1.54, 1.807) is 18.2 Å². The first-order valence-corrected chi connectivity index (χ1v) is 7.11. The zero-order chi connectivity index (χ0) is 14.8. The van der Waals surface area contributed by atoms with E-state index in [2.05, 4.69) is 5.32 Å². The zero-order valence-electron chi connectivity index (χ0n) is 11.5. The molecular weight excluding hydrogens is 293 g/mol. The molecular formula is C16H17Cl2NO. The average molecular weight is 310 g/mol. The second-order valence-electron chi connectivity index (χ2n) is 5.11. The van der Waals surface area contributed by atoms with Gasteiger partial charge in [-0.25, -0.2) is 0 Å². The molecule has 0 aromatic heterocycles. The maximum Gasteiger partial charge on any atom is 0.0843 e. The third-order valence-corrected chi connectivity index (χ3v) is 3.84. The molecule has 0 fully saturated rings. The van der Waals surface area contributed by atoms with E-state index in [1.807, 2.05) is 38.1 Å². The number of aliphatic hydroxyl groups excluding tert-OH is 1. The number of aryl methyl sites for hydroxylation is 1. The Bertz CT molecular complexity index is 615. The van der Waals surface area contributed by atoms with Gasteiger partial charge >= 0.3 is 0 Å². The number of anilines is 1. The van der Waals surface area contributed by atoms with Crippen molar-refractivity contribution in [2.75, 3.05) is 11.9 Å². The lowest BCUT2D eigenvalue weighted by Crippen LogP contribution is -2.36. The normalized spacial score (nSPS) is 13.8. The largest absolute Gasteiger partial charge is 0.394 e. The van der Waals surface area contributed by atoms with Gasteiger partial charge in [-0.15, -0.1) is 0 Å². The minimum atomic E-state index is -0.699. The van der Waals surface area contributed by atoms with Gasteiger partial charge in [0.2, 0.25) is 0 Å². The van der Waals surface area contributed by atoms with Crippen LogP contribution in [0.3, 0.4) is 0 Å². The molecule has 20 heavy (non-hydrogen) atoms. The van der Waals surface area contributed by atoms with Crippen molar-refractivity contribution in [3.8, 4) is 0 Å². The maximum atomic E-state index is 9.82. The van der Waals surface area contributed by atoms with Gasteiger partial charge in [0.05, 0.1) is 12.1 Å². The fraction of sp³-hybridized carbons (Fsp3) is 0.250. The number of halogens is 2. The molecule has 0 aliphatic carbocycles. The summed E-state index contributed by atoms with van der Waals surface area (Å²) in [7, 11) is 0. The number of aliphatic hydroxyl groups is 1. The molecule has 2 aromatic carbocycles. The van der Waals surface area contributed by atoms with Gasteiger partial charge in [0.25, 0.3) is 0 Å². The fourth-order valence-corrected chi connectivity index (χ4v) is 2.65. The van der Waals surface area contributed by atoms with Crippen LogP contribution in [0.5, 0.6) is 0 Å². The lowest BCUT2D eigenvalue weighted by Gasteiger charge is -2.31. The highest BCUT2D eigenvalue weighted by molar-refractivity contribution is 6.33. The van der Waals surface area contributed by atoms with Crippen molar-refractivity contribution in [1.82, 2.24) is 0 Å². The summed E-state index contributed by atoms with van der Waals surface area (Å²) in [5.74, 6) is 0. The van der Waals surface area contributed by atoms with Gasteiger partial charge < -0.3 is 10.4 Å². The van der Waals surface area contributed by atoms with Crippen LogP contribution in [0.15, 0.2) is 42.5 Å². The molecule has 1 unspecified atom stereocenters. The van der Waals surface area contributed by atoms with E-state index in [0.717, 1.165) is 16.8 Å². The number of hydrogen-bond donors (Lipinski definition) is 2. The van der Waals surface area contributed by atoms with Crippen molar-refractivity contribution in [2.45, 2.75) is 19.4 Å². The molecule has 0 spiro atoms. The topological polar surface area (TPSA) is 32.3 Å². The first-order chi connectivity index (χ1) is 9.44. The molecule has 0 aliphatic rings. The minimum Gasteiger partial charge on any atom is -0.394 e. The standard InChI is InChI=1S/C16H17Cl2NO/c1-11-4-3-5-13(8-11)19-16(2,10-20)14-9-12(17)6-7-15(14)18/h3-9,19-20H,10H2,1-2H3. The summed E-state index contributed by atoms with van der Waals surface area (Å²) in [4.78, 5) is 0. The first kappa shape index (κ1) is 15.2. The number of benzene rings is 2. The molecule has 2 nitrogen and oxygen atoms in total. The number of nitrogens with one attached hydrogen (secondary N) is 1. The molecule has 1 atom stereocenters. The summed E-state index contributed by atoms with van der Waals surface area (Å²) in [6, 6.07) is 13.2. The quantitative estimate of drug-likeness (QED) is 0.863. The highest BCUT2D eigenvalue weighted by Gasteiger charge is 2.28. The van der Waals surface area contributed by atoms with Gasteiger partial charge in [-0.1, -0.05) is 35.3 Å². The number of rotatable bonds is 4. The molecule has 0 amide bonds. The van der Waals surface area contributed by atoms with Gasteiger partial charge in [-0.2, -0.15) is 0 Å². The second-order valence-corrected chi connectivity index (χ2v) is 5.95. The van der Waals surface area contributed by atoms with Crippen LogP contribution in [0.4, 0.5) is 5.69 Å². The Morgan fingerprint density at radius 2 is 1.90 bits per heavy atom. The lowest BCUT2D eigenvalue weighted by molar-refractivity contribution is 0.224. The summed E-state index contributed by atoms with van der Waals surface area (Å²) in [5.41, 5.74) is 2.15. The van der Waals surface area contributed by atoms with Gasteiger partial charge in [0.1, 0.15) is 0 Å². The Morgan fingerprint density at radius 3 is 2.55 bits per heavy atom. The Labute approximate surface area is 129 Å². The van der Waals surface area contributed by atoms with Crippen molar-refractivity contribution >= 4 is 28.9 Å². The van der Waals surface area contributed by atoms with E-state index < -0.39 is 5.54 Å². The molecule has 2 aromatic rings. The predicted molar refractivity (Wildman–Crippen MR) is 85.7 cm³/mol. The molecule has 0 radical (unpaired) electrons. The van der Waals surface area contributed by atoms with Crippen LogP contribution in [-0.2, 0) is 5.54 Å². The van der Waals surface area contributed by atoms with E-state index in [1.165, 1.54) is 0 Å². The van der Waals surface area contributed by atoms with Crippen LogP contribution in [0.2, 0.25) is 10.0 Å². The SMILES string of the molecule is Cc1cccc(NC(C)(CO)c2cc(Cl)ccc2Cl)c1. The molecule has 4 heteroatoms. The van der Waals surface area contributed by atoms with Crippen molar-refractivity contribution < 1.29 is 5.11 Å². The van der Waals surface area contributed by atoms with E-state index in [0.29, 0.717) is 10.0 Å². The fourth-order valence-electron chi connectivity index (χ4n) is 2.15. The molecule has 0 aliphatic heterocycles. The molecule has 0 saturated heterocycles. The summed E-state index contributed by atoms with van der Waals surface area (Å²) in [6.07, 6.45) is 0. The van der Waals surface area contributed by atoms with Crippen molar-refractivity contribution in [3.05, 3.63) is 63.6 Å². The number of hydrogen-bond acceptors (Lipinski definition) is 2. The summed E-state index contributed by atoms with van der Waals surface area (Å²) < 4.78 is 0. The lowest BCUT2D eigenvalue weighted by atomic mass is 9.92. The van der Waals surface area contributed by atoms with Gasteiger partial charge in [-0.3, -0.25) is 0 Å². The second kappa shape index (κ2) is 6.04. The monoisotopic (exact) mass is 309 g/mol. The van der Waals surface area contributed by atoms with Crippen LogP contribution in [0.1, 0.15) is 18.1 Å². The van der Waals surface area contributed by atoms with Crippen molar-refractivity contribution in [2.24, 2.45) is 0 Å². The van der Waals surface area contributed by atoms with Crippen LogP contribution in [0.25, 0.3) is 0 Å². The van der Waals surface area contributed by atoms with Gasteiger partial charge in [0, 0.05) is 15.7 Å². The smallest absolute Gasteiger partial charge is 0.0843 e. The Kier molecular flexibility index (Phi) is 4.59. The van der Waals surface area contributed by atoms with Crippen LogP contribution in [0, 0.1) is 6.92 Å². The molecule has 0 heterocycles. The predicted octanol–water partition coefficient (Wildman–Crippen LogP) is 4.62. The Hall–Kier alpha value is -1.22. The molecule has 0 bridgehead atoms. The first-order valence-electron chi connectivity index (χ1n) is 6.36. The van der Waals surface area contributed by atoms with Gasteiger partial charge in [0.15, 0.2) is 0 Å². The maximum absolute atomic E-state index is 9.82. The molecule has 0 saturated carbocycles. The minimum absolute atomic E-state index is 0.0962. The summed E-state index contributed by atoms with van der Waals surface area (Å²) in [6.45, 7) is 3.82. The third kappa shape index (κ3) is 3.26. The zero-order valence-corrected chi connectivity index (χ0v) is 13.0. The Balaban J connectivity index is 2.40. The third-order valence-electron chi connectivity index (χ3n) is 3.28. The van der Waals surface area contributed by atoms with Crippen molar-refractivity contribution in [3.63, 3.8) is 0 Å². The molecule has 2 rings (SSSR count). The highest BCUT2D eigenvalue weighted by atomic mass is 35.5.